The van der Waals surface area contributed by atoms with Crippen molar-refractivity contribution in [2.45, 2.75) is 26.1 Å². The molecule has 0 spiro atoms. The summed E-state index contributed by atoms with van der Waals surface area (Å²) < 4.78 is 62.8. The highest BCUT2D eigenvalue weighted by Crippen LogP contribution is 2.30. The van der Waals surface area contributed by atoms with Crippen molar-refractivity contribution in [3.8, 4) is 5.69 Å². The molecule has 0 fully saturated rings. The fourth-order valence-corrected chi connectivity index (χ4v) is 4.20. The van der Waals surface area contributed by atoms with Crippen LogP contribution < -0.4 is 16.2 Å². The van der Waals surface area contributed by atoms with Crippen LogP contribution in [0.4, 0.5) is 18.9 Å². The Morgan fingerprint density at radius 2 is 1.72 bits per heavy atom. The van der Waals surface area contributed by atoms with Gasteiger partial charge in [0.2, 0.25) is 0 Å². The van der Waals surface area contributed by atoms with Crippen molar-refractivity contribution in [1.82, 2.24) is 9.88 Å². The average molecular weight is 522 g/mol. The summed E-state index contributed by atoms with van der Waals surface area (Å²) in [5.74, 6) is -0.554. The van der Waals surface area contributed by atoms with Gasteiger partial charge in [0.05, 0.1) is 11.3 Å². The van der Waals surface area contributed by atoms with Crippen molar-refractivity contribution in [2.24, 2.45) is 0 Å². The summed E-state index contributed by atoms with van der Waals surface area (Å²) in [4.78, 5) is 25.7. The molecule has 1 aromatic heterocycles. The van der Waals surface area contributed by atoms with Crippen LogP contribution in [0.25, 0.3) is 5.69 Å². The minimum atomic E-state index is -4.57. The molecule has 2 N–H and O–H groups in total. The molecule has 0 radical (unpaired) electrons. The van der Waals surface area contributed by atoms with Gasteiger partial charge in [0, 0.05) is 36.4 Å². The highest BCUT2D eigenvalue weighted by molar-refractivity contribution is 7.90. The molecule has 3 rings (SSSR count). The van der Waals surface area contributed by atoms with Crippen molar-refractivity contribution in [3.05, 3.63) is 93.4 Å². The van der Waals surface area contributed by atoms with E-state index >= 15 is 0 Å². The molecule has 0 aliphatic carbocycles. The van der Waals surface area contributed by atoms with E-state index < -0.39 is 33.0 Å². The van der Waals surface area contributed by atoms with Gasteiger partial charge < -0.3 is 10.6 Å². The number of halogens is 3. The van der Waals surface area contributed by atoms with E-state index in [0.29, 0.717) is 18.7 Å². The van der Waals surface area contributed by atoms with Crippen molar-refractivity contribution in [2.75, 3.05) is 23.9 Å². The number of nitrogens with one attached hydrogen (secondary N) is 2. The SMILES string of the molecule is Cc1ccc(C(=O)NCc2ccc(NCCCS(C)(=O)=O)cc2)c(=O)n1-c1cccc(C(F)(F)F)c1. The third-order valence-corrected chi connectivity index (χ3v) is 6.41. The first-order chi connectivity index (χ1) is 16.8. The number of alkyl halides is 3. The zero-order valence-electron chi connectivity index (χ0n) is 19.7. The summed E-state index contributed by atoms with van der Waals surface area (Å²) in [6, 6.07) is 14.3. The van der Waals surface area contributed by atoms with Gasteiger partial charge in [-0.05, 0) is 61.4 Å². The summed E-state index contributed by atoms with van der Waals surface area (Å²) in [5.41, 5.74) is 0.144. The Morgan fingerprint density at radius 3 is 2.36 bits per heavy atom. The van der Waals surface area contributed by atoms with Crippen LogP contribution in [-0.2, 0) is 22.6 Å². The number of nitrogens with zero attached hydrogens (tertiary/aromatic N) is 1. The van der Waals surface area contributed by atoms with Crippen LogP contribution in [0.2, 0.25) is 0 Å². The number of hydrogen-bond acceptors (Lipinski definition) is 5. The lowest BCUT2D eigenvalue weighted by Crippen LogP contribution is -2.33. The first-order valence-electron chi connectivity index (χ1n) is 11.0. The molecule has 1 amide bonds. The van der Waals surface area contributed by atoms with Crippen molar-refractivity contribution >= 4 is 21.4 Å². The second kappa shape index (κ2) is 11.0. The lowest BCUT2D eigenvalue weighted by molar-refractivity contribution is -0.137. The first kappa shape index (κ1) is 27.0. The number of anilines is 1. The van der Waals surface area contributed by atoms with Gasteiger partial charge in [-0.2, -0.15) is 13.2 Å². The molecule has 3 aromatic rings. The van der Waals surface area contributed by atoms with Crippen molar-refractivity contribution < 1.29 is 26.4 Å². The number of pyridine rings is 1. The molecule has 192 valence electrons. The fourth-order valence-electron chi connectivity index (χ4n) is 3.53. The van der Waals surface area contributed by atoms with Crippen LogP contribution in [0.5, 0.6) is 0 Å². The van der Waals surface area contributed by atoms with E-state index in [2.05, 4.69) is 10.6 Å². The van der Waals surface area contributed by atoms with Crippen LogP contribution >= 0.6 is 0 Å². The first-order valence-corrected chi connectivity index (χ1v) is 13.1. The number of benzene rings is 2. The van der Waals surface area contributed by atoms with E-state index in [9.17, 15) is 31.2 Å². The molecule has 0 aliphatic rings. The summed E-state index contributed by atoms with van der Waals surface area (Å²) >= 11 is 0. The second-order valence-electron chi connectivity index (χ2n) is 8.37. The number of carbonyl (C=O) groups excluding carboxylic acids is 1. The predicted molar refractivity (Wildman–Crippen MR) is 132 cm³/mol. The van der Waals surface area contributed by atoms with Crippen LogP contribution in [0.15, 0.2) is 65.5 Å². The van der Waals surface area contributed by atoms with Crippen molar-refractivity contribution in [1.29, 1.82) is 0 Å². The minimum Gasteiger partial charge on any atom is -0.385 e. The molecule has 7 nitrogen and oxygen atoms in total. The summed E-state index contributed by atoms with van der Waals surface area (Å²) in [7, 11) is -3.00. The molecule has 0 unspecified atom stereocenters. The minimum absolute atomic E-state index is 0.0154. The zero-order valence-corrected chi connectivity index (χ0v) is 20.5. The molecule has 0 aliphatic heterocycles. The van der Waals surface area contributed by atoms with Gasteiger partial charge >= 0.3 is 6.18 Å². The lowest BCUT2D eigenvalue weighted by Gasteiger charge is -2.14. The Hall–Kier alpha value is -3.60. The van der Waals surface area contributed by atoms with Crippen LogP contribution in [0.3, 0.4) is 0 Å². The average Bonchev–Trinajstić information content (AvgIpc) is 2.80. The lowest BCUT2D eigenvalue weighted by atomic mass is 10.1. The molecular weight excluding hydrogens is 495 g/mol. The third kappa shape index (κ3) is 7.20. The second-order valence-corrected chi connectivity index (χ2v) is 10.6. The van der Waals surface area contributed by atoms with E-state index in [4.69, 9.17) is 0 Å². The van der Waals surface area contributed by atoms with Gasteiger partial charge in [-0.3, -0.25) is 14.2 Å². The topological polar surface area (TPSA) is 97.3 Å². The predicted octanol–water partition coefficient (Wildman–Crippen LogP) is 3.94. The Bertz CT molecular complexity index is 1400. The molecule has 0 atom stereocenters. The standard InChI is InChI=1S/C25H26F3N3O4S/c1-17-7-12-22(24(33)31(17)21-6-3-5-19(15-21)25(26,27)28)23(32)30-16-18-8-10-20(11-9-18)29-13-4-14-36(2,34)35/h3,5-12,15,29H,4,13-14,16H2,1-2H3,(H,30,32). The quantitative estimate of drug-likeness (QED) is 0.416. The number of aromatic nitrogens is 1. The number of sulfone groups is 1. The number of hydrogen-bond donors (Lipinski definition) is 2. The Morgan fingerprint density at radius 1 is 1.03 bits per heavy atom. The van der Waals surface area contributed by atoms with Gasteiger partial charge in [0.15, 0.2) is 0 Å². The molecule has 0 bridgehead atoms. The fraction of sp³-hybridized carbons (Fsp3) is 0.280. The van der Waals surface area contributed by atoms with Gasteiger partial charge in [0.1, 0.15) is 15.4 Å². The number of amides is 1. The normalized spacial score (nSPS) is 11.8. The summed E-state index contributed by atoms with van der Waals surface area (Å²) in [6.07, 6.45) is -2.90. The molecule has 0 saturated heterocycles. The maximum Gasteiger partial charge on any atom is 0.416 e. The van der Waals surface area contributed by atoms with Crippen molar-refractivity contribution in [3.63, 3.8) is 0 Å². The van der Waals surface area contributed by atoms with Crippen LogP contribution in [0, 0.1) is 6.92 Å². The molecule has 1 heterocycles. The maximum atomic E-state index is 13.1. The highest BCUT2D eigenvalue weighted by Gasteiger charge is 2.30. The van der Waals surface area contributed by atoms with Gasteiger partial charge in [-0.1, -0.05) is 18.2 Å². The Kier molecular flexibility index (Phi) is 8.24. The summed E-state index contributed by atoms with van der Waals surface area (Å²) in [6.45, 7) is 2.19. The highest BCUT2D eigenvalue weighted by atomic mass is 32.2. The Labute approximate surface area is 206 Å². The van der Waals surface area contributed by atoms with E-state index in [1.54, 1.807) is 31.2 Å². The largest absolute Gasteiger partial charge is 0.416 e. The molecule has 11 heteroatoms. The Balaban J connectivity index is 1.68. The number of aryl methyl sites for hydroxylation is 1. The molecule has 36 heavy (non-hydrogen) atoms. The molecule has 2 aromatic carbocycles. The number of carbonyl (C=O) groups is 1. The van der Waals surface area contributed by atoms with E-state index in [0.717, 1.165) is 28.0 Å². The monoisotopic (exact) mass is 521 g/mol. The zero-order chi connectivity index (χ0) is 26.5. The van der Waals surface area contributed by atoms with E-state index in [1.165, 1.54) is 30.5 Å². The van der Waals surface area contributed by atoms with Gasteiger partial charge in [0.25, 0.3) is 11.5 Å². The van der Waals surface area contributed by atoms with Gasteiger partial charge in [-0.15, -0.1) is 0 Å². The van der Waals surface area contributed by atoms with Crippen LogP contribution in [-0.4, -0.2) is 37.4 Å². The summed E-state index contributed by atoms with van der Waals surface area (Å²) in [5, 5.41) is 5.78. The van der Waals surface area contributed by atoms with E-state index in [-0.39, 0.29) is 23.5 Å². The van der Waals surface area contributed by atoms with E-state index in [1.807, 2.05) is 0 Å². The molecular formula is C25H26F3N3O4S. The maximum absolute atomic E-state index is 13.1. The molecule has 0 saturated carbocycles. The van der Waals surface area contributed by atoms with Crippen LogP contribution in [0.1, 0.15) is 33.6 Å². The number of rotatable bonds is 9. The smallest absolute Gasteiger partial charge is 0.385 e. The van der Waals surface area contributed by atoms with Gasteiger partial charge in [-0.25, -0.2) is 8.42 Å². The third-order valence-electron chi connectivity index (χ3n) is 5.38.